The second kappa shape index (κ2) is 8.91. The van der Waals surface area contributed by atoms with E-state index in [2.05, 4.69) is 46.2 Å². The minimum atomic E-state index is -0.0351. The van der Waals surface area contributed by atoms with Gasteiger partial charge in [0.2, 0.25) is 0 Å². The van der Waals surface area contributed by atoms with Gasteiger partial charge in [-0.3, -0.25) is 4.79 Å². The monoisotopic (exact) mass is 383 g/mol. The molecule has 0 radical (unpaired) electrons. The van der Waals surface area contributed by atoms with Gasteiger partial charge >= 0.3 is 0 Å². The average molecular weight is 383 g/mol. The summed E-state index contributed by atoms with van der Waals surface area (Å²) in [5.74, 6) is 2.13. The summed E-state index contributed by atoms with van der Waals surface area (Å²) in [6, 6.07) is 10.1. The van der Waals surface area contributed by atoms with E-state index in [0.717, 1.165) is 30.9 Å². The first-order valence-corrected chi connectivity index (χ1v) is 9.80. The lowest BCUT2D eigenvalue weighted by Crippen LogP contribution is -2.49. The Bertz CT molecular complexity index is 801. The Morgan fingerprint density at radius 1 is 1.18 bits per heavy atom. The normalized spacial score (nSPS) is 15.3. The average Bonchev–Trinajstić information content (AvgIpc) is 2.73. The maximum atomic E-state index is 13.0. The Hall–Kier alpha value is -2.83. The molecule has 0 bridgehead atoms. The van der Waals surface area contributed by atoms with Crippen LogP contribution in [0.15, 0.2) is 30.3 Å². The van der Waals surface area contributed by atoms with Gasteiger partial charge in [0.1, 0.15) is 23.1 Å². The number of rotatable bonds is 6. The zero-order valence-electron chi connectivity index (χ0n) is 17.1. The van der Waals surface area contributed by atoms with Gasteiger partial charge < -0.3 is 19.9 Å². The number of benzene rings is 1. The number of nitrogens with zero attached hydrogens (tertiary/aromatic N) is 4. The summed E-state index contributed by atoms with van der Waals surface area (Å²) in [4.78, 5) is 25.9. The molecule has 1 saturated heterocycles. The second-order valence-electron chi connectivity index (χ2n) is 7.12. The molecule has 0 saturated carbocycles. The first-order valence-electron chi connectivity index (χ1n) is 9.80. The Morgan fingerprint density at radius 3 is 2.46 bits per heavy atom. The number of hydrogen-bond donors (Lipinski definition) is 1. The second-order valence-corrected chi connectivity index (χ2v) is 7.12. The molecule has 150 valence electrons. The number of anilines is 2. The lowest BCUT2D eigenvalue weighted by Gasteiger charge is -2.36. The predicted molar refractivity (Wildman–Crippen MR) is 111 cm³/mol. The largest absolute Gasteiger partial charge is 0.497 e. The van der Waals surface area contributed by atoms with E-state index in [1.807, 2.05) is 24.0 Å². The van der Waals surface area contributed by atoms with E-state index >= 15 is 0 Å². The van der Waals surface area contributed by atoms with E-state index in [1.54, 1.807) is 13.2 Å². The fraction of sp³-hybridized carbons (Fsp3) is 0.476. The van der Waals surface area contributed by atoms with Gasteiger partial charge in [0.15, 0.2) is 0 Å². The highest BCUT2D eigenvalue weighted by Gasteiger charge is 2.24. The number of carbonyl (C=O) groups is 1. The molecule has 1 fully saturated rings. The maximum Gasteiger partial charge on any atom is 0.272 e. The summed E-state index contributed by atoms with van der Waals surface area (Å²) in [5, 5.41) is 3.33. The van der Waals surface area contributed by atoms with E-state index in [4.69, 9.17) is 4.74 Å². The number of aromatic nitrogens is 2. The van der Waals surface area contributed by atoms with E-state index in [-0.39, 0.29) is 5.91 Å². The molecule has 2 aromatic rings. The van der Waals surface area contributed by atoms with Crippen LogP contribution in [0.2, 0.25) is 0 Å². The molecule has 1 aliphatic heterocycles. The molecular formula is C21H29N5O2. The van der Waals surface area contributed by atoms with Crippen molar-refractivity contribution >= 4 is 17.4 Å². The standard InChI is InChI=1S/C21H29N5O2/c1-5-15(2)22-20-14-19(23-16(3)24-20)21(27)26-12-10-25(11-13-26)17-6-8-18(28-4)9-7-17/h6-9,14-15H,5,10-13H2,1-4H3,(H,22,23,24). The van der Waals surface area contributed by atoms with Crippen LogP contribution in [-0.2, 0) is 0 Å². The molecule has 1 amide bonds. The van der Waals surface area contributed by atoms with Crippen molar-refractivity contribution < 1.29 is 9.53 Å². The van der Waals surface area contributed by atoms with Crippen LogP contribution in [0.5, 0.6) is 5.75 Å². The molecule has 3 rings (SSSR count). The van der Waals surface area contributed by atoms with Crippen LogP contribution in [0.3, 0.4) is 0 Å². The maximum absolute atomic E-state index is 13.0. The van der Waals surface area contributed by atoms with Gasteiger partial charge in [0.25, 0.3) is 5.91 Å². The van der Waals surface area contributed by atoms with Crippen LogP contribution in [-0.4, -0.2) is 60.1 Å². The molecule has 0 spiro atoms. The molecule has 1 aromatic carbocycles. The zero-order chi connectivity index (χ0) is 20.1. The number of piperazine rings is 1. The topological polar surface area (TPSA) is 70.6 Å². The quantitative estimate of drug-likeness (QED) is 0.827. The molecule has 2 heterocycles. The molecule has 1 unspecified atom stereocenters. The summed E-state index contributed by atoms with van der Waals surface area (Å²) in [7, 11) is 1.66. The zero-order valence-corrected chi connectivity index (χ0v) is 17.1. The van der Waals surface area contributed by atoms with Crippen molar-refractivity contribution in [1.29, 1.82) is 0 Å². The first kappa shape index (κ1) is 19.9. The molecule has 28 heavy (non-hydrogen) atoms. The molecule has 0 aliphatic carbocycles. The summed E-state index contributed by atoms with van der Waals surface area (Å²) in [5.41, 5.74) is 1.60. The van der Waals surface area contributed by atoms with Crippen LogP contribution in [0.1, 0.15) is 36.6 Å². The third-order valence-electron chi connectivity index (χ3n) is 5.07. The number of hydrogen-bond acceptors (Lipinski definition) is 6. The first-order chi connectivity index (χ1) is 13.5. The highest BCUT2D eigenvalue weighted by Crippen LogP contribution is 2.21. The van der Waals surface area contributed by atoms with E-state index in [1.165, 1.54) is 0 Å². The molecule has 1 atom stereocenters. The molecular weight excluding hydrogens is 354 g/mol. The van der Waals surface area contributed by atoms with Crippen molar-refractivity contribution in [2.24, 2.45) is 0 Å². The smallest absolute Gasteiger partial charge is 0.272 e. The van der Waals surface area contributed by atoms with Gasteiger partial charge in [0, 0.05) is 44.0 Å². The Labute approximate surface area is 166 Å². The van der Waals surface area contributed by atoms with Crippen LogP contribution in [0.4, 0.5) is 11.5 Å². The highest BCUT2D eigenvalue weighted by atomic mass is 16.5. The molecule has 7 nitrogen and oxygen atoms in total. The number of carbonyl (C=O) groups excluding carboxylic acids is 1. The fourth-order valence-corrected chi connectivity index (χ4v) is 3.23. The lowest BCUT2D eigenvalue weighted by atomic mass is 10.2. The number of ether oxygens (including phenoxy) is 1. The van der Waals surface area contributed by atoms with E-state index in [0.29, 0.717) is 36.5 Å². The van der Waals surface area contributed by atoms with Crippen molar-refractivity contribution in [3.05, 3.63) is 41.9 Å². The predicted octanol–water partition coefficient (Wildman–Crippen LogP) is 2.97. The minimum absolute atomic E-state index is 0.0351. The molecule has 1 aliphatic rings. The van der Waals surface area contributed by atoms with Crippen LogP contribution < -0.4 is 15.0 Å². The van der Waals surface area contributed by atoms with Crippen molar-refractivity contribution in [3.63, 3.8) is 0 Å². The molecule has 1 N–H and O–H groups in total. The summed E-state index contributed by atoms with van der Waals surface area (Å²) in [6.07, 6.45) is 0.986. The van der Waals surface area contributed by atoms with E-state index < -0.39 is 0 Å². The number of methoxy groups -OCH3 is 1. The van der Waals surface area contributed by atoms with Gasteiger partial charge in [0.05, 0.1) is 7.11 Å². The number of nitrogens with one attached hydrogen (secondary N) is 1. The number of amides is 1. The van der Waals surface area contributed by atoms with Gasteiger partial charge in [-0.15, -0.1) is 0 Å². The third kappa shape index (κ3) is 4.71. The summed E-state index contributed by atoms with van der Waals surface area (Å²) in [6.45, 7) is 8.95. The Morgan fingerprint density at radius 2 is 1.86 bits per heavy atom. The van der Waals surface area contributed by atoms with Crippen molar-refractivity contribution in [3.8, 4) is 5.75 Å². The van der Waals surface area contributed by atoms with Crippen molar-refractivity contribution in [2.75, 3.05) is 43.5 Å². The number of aryl methyl sites for hydroxylation is 1. The van der Waals surface area contributed by atoms with Gasteiger partial charge in [-0.1, -0.05) is 6.92 Å². The van der Waals surface area contributed by atoms with Gasteiger partial charge in [-0.2, -0.15) is 0 Å². The summed E-state index contributed by atoms with van der Waals surface area (Å²) < 4.78 is 5.22. The third-order valence-corrected chi connectivity index (χ3v) is 5.07. The van der Waals surface area contributed by atoms with Crippen LogP contribution in [0, 0.1) is 6.92 Å². The van der Waals surface area contributed by atoms with E-state index in [9.17, 15) is 4.79 Å². The van der Waals surface area contributed by atoms with Gasteiger partial charge in [-0.25, -0.2) is 9.97 Å². The van der Waals surface area contributed by atoms with Crippen molar-refractivity contribution in [2.45, 2.75) is 33.2 Å². The molecule has 1 aromatic heterocycles. The summed E-state index contributed by atoms with van der Waals surface area (Å²) >= 11 is 0. The van der Waals surface area contributed by atoms with Crippen molar-refractivity contribution in [1.82, 2.24) is 14.9 Å². The lowest BCUT2D eigenvalue weighted by molar-refractivity contribution is 0.0740. The Kier molecular flexibility index (Phi) is 6.34. The van der Waals surface area contributed by atoms with Crippen LogP contribution in [0.25, 0.3) is 0 Å². The Balaban J connectivity index is 1.64. The fourth-order valence-electron chi connectivity index (χ4n) is 3.23. The van der Waals surface area contributed by atoms with Gasteiger partial charge in [-0.05, 0) is 44.5 Å². The van der Waals surface area contributed by atoms with Crippen LogP contribution >= 0.6 is 0 Å². The highest BCUT2D eigenvalue weighted by molar-refractivity contribution is 5.93. The SMILES string of the molecule is CCC(C)Nc1cc(C(=O)N2CCN(c3ccc(OC)cc3)CC2)nc(C)n1. The minimum Gasteiger partial charge on any atom is -0.497 e. The molecule has 7 heteroatoms.